The highest BCUT2D eigenvalue weighted by Gasteiger charge is 2.45. The molecule has 96 valence electrons. The van der Waals surface area contributed by atoms with Gasteiger partial charge in [-0.05, 0) is 12.0 Å². The maximum absolute atomic E-state index is 6.02. The largest absolute Gasteiger partial charge is 0.326 e. The minimum atomic E-state index is 0.224. The quantitative estimate of drug-likeness (QED) is 0.751. The fourth-order valence-corrected chi connectivity index (χ4v) is 2.02. The minimum Gasteiger partial charge on any atom is -0.326 e. The molecule has 1 aromatic rings. The Balaban J connectivity index is 1.78. The Hall–Kier alpha value is -1.45. The van der Waals surface area contributed by atoms with Crippen LogP contribution in [0, 0.1) is 5.92 Å². The molecule has 0 aromatic heterocycles. The standard InChI is InChI=1S/C15H21N3/c1-2-10-17-11-18-15-13(14(15)16)9-8-12-6-4-3-5-7-12/h3-10,13-15,18H,2,11,16H2,1H3/b9-8+,17-10?. The van der Waals surface area contributed by atoms with Crippen LogP contribution in [0.15, 0.2) is 41.4 Å². The van der Waals surface area contributed by atoms with Gasteiger partial charge in [0.1, 0.15) is 0 Å². The summed E-state index contributed by atoms with van der Waals surface area (Å²) in [6, 6.07) is 10.9. The van der Waals surface area contributed by atoms with Crippen molar-refractivity contribution < 1.29 is 0 Å². The van der Waals surface area contributed by atoms with Crippen molar-refractivity contribution in [1.29, 1.82) is 0 Å². The molecule has 3 unspecified atom stereocenters. The van der Waals surface area contributed by atoms with E-state index >= 15 is 0 Å². The van der Waals surface area contributed by atoms with Crippen molar-refractivity contribution in [3.63, 3.8) is 0 Å². The van der Waals surface area contributed by atoms with Gasteiger partial charge in [0.25, 0.3) is 0 Å². The van der Waals surface area contributed by atoms with Crippen LogP contribution in [-0.4, -0.2) is 25.0 Å². The van der Waals surface area contributed by atoms with E-state index in [1.165, 1.54) is 5.56 Å². The van der Waals surface area contributed by atoms with Crippen LogP contribution in [0.4, 0.5) is 0 Å². The van der Waals surface area contributed by atoms with Gasteiger partial charge in [-0.2, -0.15) is 0 Å². The van der Waals surface area contributed by atoms with Gasteiger partial charge in [0.2, 0.25) is 0 Å². The van der Waals surface area contributed by atoms with Crippen molar-refractivity contribution in [2.24, 2.45) is 16.6 Å². The molecule has 0 saturated heterocycles. The van der Waals surface area contributed by atoms with Crippen LogP contribution < -0.4 is 11.1 Å². The van der Waals surface area contributed by atoms with Gasteiger partial charge in [0, 0.05) is 24.2 Å². The number of benzene rings is 1. The van der Waals surface area contributed by atoms with Crippen LogP contribution in [0.3, 0.4) is 0 Å². The molecular formula is C15H21N3. The summed E-state index contributed by atoms with van der Waals surface area (Å²) in [7, 11) is 0. The fourth-order valence-electron chi connectivity index (χ4n) is 2.02. The highest BCUT2D eigenvalue weighted by molar-refractivity contribution is 5.56. The Bertz CT molecular complexity index is 411. The zero-order chi connectivity index (χ0) is 12.8. The second-order valence-electron chi connectivity index (χ2n) is 4.59. The van der Waals surface area contributed by atoms with Crippen molar-refractivity contribution >= 4 is 12.3 Å². The average Bonchev–Trinajstić information content (AvgIpc) is 3.03. The lowest BCUT2D eigenvalue weighted by molar-refractivity contribution is 0.674. The van der Waals surface area contributed by atoms with Crippen LogP contribution in [0.2, 0.25) is 0 Å². The maximum Gasteiger partial charge on any atom is 0.0883 e. The van der Waals surface area contributed by atoms with Crippen molar-refractivity contribution in [3.8, 4) is 0 Å². The lowest BCUT2D eigenvalue weighted by atomic mass is 10.2. The van der Waals surface area contributed by atoms with Crippen LogP contribution in [-0.2, 0) is 0 Å². The van der Waals surface area contributed by atoms with Crippen molar-refractivity contribution in [1.82, 2.24) is 5.32 Å². The predicted molar refractivity (Wildman–Crippen MR) is 77.5 cm³/mol. The molecule has 0 spiro atoms. The molecule has 18 heavy (non-hydrogen) atoms. The van der Waals surface area contributed by atoms with Gasteiger partial charge in [0.15, 0.2) is 0 Å². The van der Waals surface area contributed by atoms with Crippen molar-refractivity contribution in [2.75, 3.05) is 6.67 Å². The first kappa shape index (κ1) is 13.0. The van der Waals surface area contributed by atoms with Gasteiger partial charge in [-0.1, -0.05) is 49.4 Å². The zero-order valence-corrected chi connectivity index (χ0v) is 10.8. The lowest BCUT2D eigenvalue weighted by Gasteiger charge is -1.97. The molecule has 3 atom stereocenters. The first-order valence-electron chi connectivity index (χ1n) is 6.53. The Kier molecular flexibility index (Phi) is 4.67. The first-order valence-corrected chi connectivity index (χ1v) is 6.53. The monoisotopic (exact) mass is 243 g/mol. The van der Waals surface area contributed by atoms with Gasteiger partial charge in [-0.3, -0.25) is 10.3 Å². The Labute approximate surface area is 109 Å². The van der Waals surface area contributed by atoms with E-state index in [1.54, 1.807) is 0 Å². The third kappa shape index (κ3) is 3.52. The van der Waals surface area contributed by atoms with Crippen molar-refractivity contribution in [3.05, 3.63) is 42.0 Å². The summed E-state index contributed by atoms with van der Waals surface area (Å²) in [5.41, 5.74) is 7.25. The molecule has 0 amide bonds. The highest BCUT2D eigenvalue weighted by atomic mass is 15.1. The maximum atomic E-state index is 6.02. The van der Waals surface area contributed by atoms with Crippen LogP contribution in [0.1, 0.15) is 18.9 Å². The molecule has 3 N–H and O–H groups in total. The van der Waals surface area contributed by atoms with E-state index in [-0.39, 0.29) is 6.04 Å². The number of rotatable bonds is 6. The van der Waals surface area contributed by atoms with Gasteiger partial charge in [-0.15, -0.1) is 0 Å². The number of nitrogens with zero attached hydrogens (tertiary/aromatic N) is 1. The van der Waals surface area contributed by atoms with Gasteiger partial charge >= 0.3 is 0 Å². The van der Waals surface area contributed by atoms with E-state index in [2.05, 4.69) is 41.5 Å². The number of nitrogens with one attached hydrogen (secondary N) is 1. The topological polar surface area (TPSA) is 50.4 Å². The number of nitrogens with two attached hydrogens (primary N) is 1. The summed E-state index contributed by atoms with van der Waals surface area (Å²) < 4.78 is 0. The SMILES string of the molecule is CCC=NCNC1C(N)C1/C=C/c1ccccc1. The van der Waals surface area contributed by atoms with Crippen molar-refractivity contribution in [2.45, 2.75) is 25.4 Å². The predicted octanol–water partition coefficient (Wildman–Crippen LogP) is 2.05. The molecule has 1 fully saturated rings. The van der Waals surface area contributed by atoms with E-state index in [1.807, 2.05) is 24.4 Å². The normalized spacial score (nSPS) is 27.1. The smallest absolute Gasteiger partial charge is 0.0883 e. The second-order valence-corrected chi connectivity index (χ2v) is 4.59. The Morgan fingerprint density at radius 3 is 2.83 bits per heavy atom. The summed E-state index contributed by atoms with van der Waals surface area (Å²) >= 11 is 0. The summed E-state index contributed by atoms with van der Waals surface area (Å²) in [5, 5.41) is 3.35. The number of hydrogen-bond donors (Lipinski definition) is 2. The van der Waals surface area contributed by atoms with E-state index in [4.69, 9.17) is 5.73 Å². The fraction of sp³-hybridized carbons (Fsp3) is 0.400. The summed E-state index contributed by atoms with van der Waals surface area (Å²) in [4.78, 5) is 4.24. The van der Waals surface area contributed by atoms with Crippen LogP contribution in [0.25, 0.3) is 6.08 Å². The molecule has 2 rings (SSSR count). The molecule has 0 heterocycles. The Morgan fingerprint density at radius 2 is 2.11 bits per heavy atom. The van der Waals surface area contributed by atoms with Gasteiger partial charge in [-0.25, -0.2) is 0 Å². The number of aliphatic imine (C=N–C) groups is 1. The Morgan fingerprint density at radius 1 is 1.33 bits per heavy atom. The van der Waals surface area contributed by atoms with E-state index in [9.17, 15) is 0 Å². The molecule has 1 aliphatic carbocycles. The highest BCUT2D eigenvalue weighted by Crippen LogP contribution is 2.31. The van der Waals surface area contributed by atoms with Crippen LogP contribution in [0.5, 0.6) is 0 Å². The molecule has 0 radical (unpaired) electrons. The van der Waals surface area contributed by atoms with Gasteiger partial charge in [0.05, 0.1) is 6.67 Å². The van der Waals surface area contributed by atoms with E-state index in [0.29, 0.717) is 18.6 Å². The third-order valence-corrected chi connectivity index (χ3v) is 3.17. The molecule has 3 heteroatoms. The molecule has 1 aliphatic rings. The molecule has 1 aromatic carbocycles. The molecule has 0 aliphatic heterocycles. The minimum absolute atomic E-state index is 0.224. The van der Waals surface area contributed by atoms with E-state index in [0.717, 1.165) is 6.42 Å². The molecular weight excluding hydrogens is 222 g/mol. The molecule has 1 saturated carbocycles. The zero-order valence-electron chi connectivity index (χ0n) is 10.8. The summed E-state index contributed by atoms with van der Waals surface area (Å²) in [5.74, 6) is 0.432. The third-order valence-electron chi connectivity index (χ3n) is 3.17. The molecule has 0 bridgehead atoms. The van der Waals surface area contributed by atoms with E-state index < -0.39 is 0 Å². The lowest BCUT2D eigenvalue weighted by Crippen LogP contribution is -2.23. The summed E-state index contributed by atoms with van der Waals surface area (Å²) in [6.07, 6.45) is 7.24. The summed E-state index contributed by atoms with van der Waals surface area (Å²) in [6.45, 7) is 2.75. The first-order chi connectivity index (χ1) is 8.83. The second kappa shape index (κ2) is 6.47. The van der Waals surface area contributed by atoms with Gasteiger partial charge < -0.3 is 5.73 Å². The molecule has 3 nitrogen and oxygen atoms in total. The number of hydrogen-bond acceptors (Lipinski definition) is 3. The average molecular weight is 243 g/mol. The van der Waals surface area contributed by atoms with Crippen LogP contribution >= 0.6 is 0 Å².